The topological polar surface area (TPSA) is 89.5 Å². The Hall–Kier alpha value is -1.89. The second-order valence-corrected chi connectivity index (χ2v) is 3.12. The number of hydrogen-bond acceptors (Lipinski definition) is 4. The van der Waals surface area contributed by atoms with Gasteiger partial charge in [0.1, 0.15) is 12.9 Å². The molecule has 0 aliphatic rings. The molecule has 0 bridgehead atoms. The molecule has 7 nitrogen and oxygen atoms in total. The van der Waals surface area contributed by atoms with Gasteiger partial charge in [0.25, 0.3) is 5.56 Å². The van der Waals surface area contributed by atoms with Gasteiger partial charge < -0.3 is 5.11 Å². The summed E-state index contributed by atoms with van der Waals surface area (Å²) in [5.74, 6) is -1.08. The van der Waals surface area contributed by atoms with Gasteiger partial charge in [-0.05, 0) is 6.92 Å². The van der Waals surface area contributed by atoms with Crippen molar-refractivity contribution in [1.82, 2.24) is 19.4 Å². The van der Waals surface area contributed by atoms with E-state index in [0.29, 0.717) is 11.1 Å². The van der Waals surface area contributed by atoms with Crippen LogP contribution in [-0.2, 0) is 11.3 Å². The van der Waals surface area contributed by atoms with Gasteiger partial charge in [-0.3, -0.25) is 14.2 Å². The van der Waals surface area contributed by atoms with E-state index in [-0.39, 0.29) is 12.4 Å². The first-order valence-electron chi connectivity index (χ1n) is 4.21. The van der Waals surface area contributed by atoms with Gasteiger partial charge in [-0.2, -0.15) is 5.10 Å². The van der Waals surface area contributed by atoms with E-state index in [4.69, 9.17) is 5.11 Å². The fraction of sp³-hybridized carbons (Fsp3) is 0.250. The van der Waals surface area contributed by atoms with E-state index in [1.807, 2.05) is 0 Å². The number of carbonyl (C=O) groups is 1. The van der Waals surface area contributed by atoms with Crippen LogP contribution < -0.4 is 5.56 Å². The molecular formula is C8H9ClN4O3. The van der Waals surface area contributed by atoms with E-state index in [0.717, 1.165) is 10.9 Å². The smallest absolute Gasteiger partial charge is 0.323 e. The fourth-order valence-electron chi connectivity index (χ4n) is 1.32. The molecule has 0 radical (unpaired) electrons. The molecule has 86 valence electrons. The Morgan fingerprint density at radius 2 is 2.19 bits per heavy atom. The van der Waals surface area contributed by atoms with Gasteiger partial charge in [0, 0.05) is 5.56 Å². The number of aliphatic carboxylic acids is 1. The highest BCUT2D eigenvalue weighted by atomic mass is 35.5. The van der Waals surface area contributed by atoms with Crippen LogP contribution in [-0.4, -0.2) is 30.5 Å². The van der Waals surface area contributed by atoms with Crippen LogP contribution in [0.25, 0.3) is 5.52 Å². The van der Waals surface area contributed by atoms with Gasteiger partial charge in [0.15, 0.2) is 5.52 Å². The maximum Gasteiger partial charge on any atom is 0.323 e. The zero-order chi connectivity index (χ0) is 11.0. The lowest BCUT2D eigenvalue weighted by molar-refractivity contribution is -0.137. The third kappa shape index (κ3) is 1.89. The zero-order valence-electron chi connectivity index (χ0n) is 8.32. The predicted octanol–water partition coefficient (Wildman–Crippen LogP) is -0.294. The lowest BCUT2D eigenvalue weighted by Crippen LogP contribution is -2.26. The van der Waals surface area contributed by atoms with E-state index >= 15 is 0 Å². The Kier molecular flexibility index (Phi) is 3.28. The summed E-state index contributed by atoms with van der Waals surface area (Å²) in [6.45, 7) is 1.32. The van der Waals surface area contributed by atoms with E-state index in [9.17, 15) is 9.59 Å². The second-order valence-electron chi connectivity index (χ2n) is 3.12. The highest BCUT2D eigenvalue weighted by molar-refractivity contribution is 5.85. The number of halogens is 1. The summed E-state index contributed by atoms with van der Waals surface area (Å²) < 4.78 is 2.22. The van der Waals surface area contributed by atoms with Crippen molar-refractivity contribution in [1.29, 1.82) is 0 Å². The molecule has 2 aromatic heterocycles. The van der Waals surface area contributed by atoms with Crippen LogP contribution in [0.4, 0.5) is 0 Å². The zero-order valence-corrected chi connectivity index (χ0v) is 9.14. The van der Waals surface area contributed by atoms with Gasteiger partial charge >= 0.3 is 5.97 Å². The highest BCUT2D eigenvalue weighted by Gasteiger charge is 2.09. The molecule has 0 atom stereocenters. The quantitative estimate of drug-likeness (QED) is 0.784. The monoisotopic (exact) mass is 244 g/mol. The van der Waals surface area contributed by atoms with Crippen LogP contribution in [0.15, 0.2) is 17.3 Å². The van der Waals surface area contributed by atoms with Crippen LogP contribution in [0.1, 0.15) is 5.56 Å². The number of carboxylic acids is 1. The largest absolute Gasteiger partial charge is 0.480 e. The summed E-state index contributed by atoms with van der Waals surface area (Å²) in [6.07, 6.45) is 2.67. The molecule has 2 rings (SSSR count). The van der Waals surface area contributed by atoms with Crippen molar-refractivity contribution >= 4 is 23.9 Å². The first-order chi connectivity index (χ1) is 7.09. The number of carboxylic acid groups (broad SMARTS) is 1. The maximum absolute atomic E-state index is 11.7. The first-order valence-corrected chi connectivity index (χ1v) is 4.21. The molecule has 0 fully saturated rings. The van der Waals surface area contributed by atoms with Crippen molar-refractivity contribution in [3.63, 3.8) is 0 Å². The van der Waals surface area contributed by atoms with Gasteiger partial charge in [0.2, 0.25) is 0 Å². The van der Waals surface area contributed by atoms with Crippen LogP contribution in [0.2, 0.25) is 0 Å². The van der Waals surface area contributed by atoms with Gasteiger partial charge in [-0.1, -0.05) is 0 Å². The molecule has 2 heterocycles. The average Bonchev–Trinajstić information content (AvgIpc) is 2.53. The van der Waals surface area contributed by atoms with Gasteiger partial charge in [-0.15, -0.1) is 22.1 Å². The molecule has 8 heteroatoms. The van der Waals surface area contributed by atoms with Crippen molar-refractivity contribution in [2.75, 3.05) is 0 Å². The molecule has 1 N–H and O–H groups in total. The SMILES string of the molecule is Cc1cnn2ncn(CC(=O)O)c(=O)c12.Cl. The highest BCUT2D eigenvalue weighted by Crippen LogP contribution is 2.00. The molecule has 0 aliphatic heterocycles. The molecule has 0 amide bonds. The average molecular weight is 245 g/mol. The third-order valence-corrected chi connectivity index (χ3v) is 2.00. The summed E-state index contributed by atoms with van der Waals surface area (Å²) in [4.78, 5) is 22.2. The molecule has 0 aliphatic carbocycles. The van der Waals surface area contributed by atoms with Crippen molar-refractivity contribution in [2.24, 2.45) is 0 Å². The van der Waals surface area contributed by atoms with Crippen molar-refractivity contribution in [2.45, 2.75) is 13.5 Å². The predicted molar refractivity (Wildman–Crippen MR) is 56.9 cm³/mol. The normalized spacial score (nSPS) is 10.1. The van der Waals surface area contributed by atoms with Crippen molar-refractivity contribution < 1.29 is 9.90 Å². The van der Waals surface area contributed by atoms with Gasteiger partial charge in [0.05, 0.1) is 6.20 Å². The van der Waals surface area contributed by atoms with E-state index in [1.54, 1.807) is 6.92 Å². The minimum Gasteiger partial charge on any atom is -0.480 e. The van der Waals surface area contributed by atoms with Crippen LogP contribution in [0.5, 0.6) is 0 Å². The summed E-state index contributed by atoms with van der Waals surface area (Å²) in [7, 11) is 0. The van der Waals surface area contributed by atoms with Crippen LogP contribution in [0.3, 0.4) is 0 Å². The number of fused-ring (bicyclic) bond motifs is 1. The number of hydrogen-bond donors (Lipinski definition) is 1. The summed E-state index contributed by atoms with van der Waals surface area (Å²) in [5.41, 5.74) is 0.577. The maximum atomic E-state index is 11.7. The van der Waals surface area contributed by atoms with Crippen molar-refractivity contribution in [3.05, 3.63) is 28.4 Å². The fourth-order valence-corrected chi connectivity index (χ4v) is 1.32. The number of nitrogens with zero attached hydrogens (tertiary/aromatic N) is 4. The number of aromatic nitrogens is 4. The Balaban J connectivity index is 0.00000128. The summed E-state index contributed by atoms with van der Waals surface area (Å²) in [5, 5.41) is 16.2. The van der Waals surface area contributed by atoms with Crippen LogP contribution in [0, 0.1) is 6.92 Å². The summed E-state index contributed by atoms with van der Waals surface area (Å²) in [6, 6.07) is 0. The molecule has 0 spiro atoms. The Labute approximate surface area is 95.7 Å². The molecule has 0 saturated carbocycles. The minimum atomic E-state index is -1.08. The molecule has 0 saturated heterocycles. The molecular weight excluding hydrogens is 236 g/mol. The molecule has 16 heavy (non-hydrogen) atoms. The molecule has 0 unspecified atom stereocenters. The molecule has 0 aromatic carbocycles. The number of rotatable bonds is 2. The first kappa shape index (κ1) is 12.2. The van der Waals surface area contributed by atoms with Crippen molar-refractivity contribution in [3.8, 4) is 0 Å². The van der Waals surface area contributed by atoms with Gasteiger partial charge in [-0.25, -0.2) is 0 Å². The van der Waals surface area contributed by atoms with Crippen LogP contribution >= 0.6 is 12.4 Å². The Bertz CT molecular complexity index is 588. The van der Waals surface area contributed by atoms with E-state index < -0.39 is 18.1 Å². The molecule has 2 aromatic rings. The standard InChI is InChI=1S/C8H8N4O3.ClH/c1-5-2-9-12-7(5)8(15)11(4-10-12)3-6(13)14;/h2,4H,3H2,1H3,(H,13,14);1H. The Morgan fingerprint density at radius 3 is 2.81 bits per heavy atom. The third-order valence-electron chi connectivity index (χ3n) is 2.00. The second kappa shape index (κ2) is 4.31. The summed E-state index contributed by atoms with van der Waals surface area (Å²) >= 11 is 0. The van der Waals surface area contributed by atoms with E-state index in [2.05, 4.69) is 10.2 Å². The van der Waals surface area contributed by atoms with E-state index in [1.165, 1.54) is 10.8 Å². The minimum absolute atomic E-state index is 0. The lowest BCUT2D eigenvalue weighted by Gasteiger charge is -2.01. The Morgan fingerprint density at radius 1 is 1.50 bits per heavy atom. The number of aryl methyl sites for hydroxylation is 1. The lowest BCUT2D eigenvalue weighted by atomic mass is 10.3.